The van der Waals surface area contributed by atoms with Crippen LogP contribution in [0.15, 0.2) is 23.3 Å². The van der Waals surface area contributed by atoms with Gasteiger partial charge in [0.25, 0.3) is 0 Å². The highest BCUT2D eigenvalue weighted by Crippen LogP contribution is 2.11. The standard InChI is InChI=1S/C18H31N5O4S/c1-15(2)27-11-12-28(24,25)23-9-7-22(8-10-23)18(19-3)21-14-16-5-6-20-17(13-16)26-4/h5-6,13,15H,7-12,14H2,1-4H3,(H,19,21). The van der Waals surface area contributed by atoms with Crippen molar-refractivity contribution in [3.63, 3.8) is 0 Å². The number of rotatable bonds is 8. The topological polar surface area (TPSA) is 96.4 Å². The first-order valence-electron chi connectivity index (χ1n) is 9.39. The van der Waals surface area contributed by atoms with Crippen molar-refractivity contribution in [1.29, 1.82) is 0 Å². The van der Waals surface area contributed by atoms with Crippen molar-refractivity contribution >= 4 is 16.0 Å². The molecule has 0 saturated carbocycles. The zero-order valence-electron chi connectivity index (χ0n) is 17.1. The second-order valence-corrected chi connectivity index (χ2v) is 8.82. The summed E-state index contributed by atoms with van der Waals surface area (Å²) in [5.74, 6) is 1.33. The van der Waals surface area contributed by atoms with Crippen LogP contribution in [0.25, 0.3) is 0 Å². The fourth-order valence-corrected chi connectivity index (χ4v) is 4.17. The van der Waals surface area contributed by atoms with Crippen molar-refractivity contribution in [2.45, 2.75) is 26.5 Å². The molecule has 0 aromatic carbocycles. The fraction of sp³-hybridized carbons (Fsp3) is 0.667. The molecule has 0 spiro atoms. The Hall–Kier alpha value is -1.91. The molecule has 158 valence electrons. The maximum atomic E-state index is 12.4. The van der Waals surface area contributed by atoms with Crippen LogP contribution in [0.4, 0.5) is 0 Å². The van der Waals surface area contributed by atoms with E-state index in [1.165, 1.54) is 4.31 Å². The summed E-state index contributed by atoms with van der Waals surface area (Å²) in [6.45, 7) is 6.64. The van der Waals surface area contributed by atoms with E-state index in [0.717, 1.165) is 11.5 Å². The average Bonchev–Trinajstić information content (AvgIpc) is 2.68. The summed E-state index contributed by atoms with van der Waals surface area (Å²) >= 11 is 0. The normalized spacial score (nSPS) is 16.5. The van der Waals surface area contributed by atoms with Gasteiger partial charge in [0.05, 0.1) is 25.6 Å². The molecular formula is C18H31N5O4S. The lowest BCUT2D eigenvalue weighted by molar-refractivity contribution is 0.0904. The Morgan fingerprint density at radius 1 is 1.32 bits per heavy atom. The molecule has 1 aliphatic heterocycles. The molecular weight excluding hydrogens is 382 g/mol. The number of guanidine groups is 1. The summed E-state index contributed by atoms with van der Waals surface area (Å²) < 4.78 is 36.9. The maximum absolute atomic E-state index is 12.4. The van der Waals surface area contributed by atoms with E-state index < -0.39 is 10.0 Å². The minimum absolute atomic E-state index is 0.0159. The number of piperazine rings is 1. The smallest absolute Gasteiger partial charge is 0.216 e. The van der Waals surface area contributed by atoms with Gasteiger partial charge in [-0.1, -0.05) is 0 Å². The van der Waals surface area contributed by atoms with Gasteiger partial charge in [-0.25, -0.2) is 13.4 Å². The van der Waals surface area contributed by atoms with Gasteiger partial charge in [0.2, 0.25) is 15.9 Å². The lowest BCUT2D eigenvalue weighted by Gasteiger charge is -2.35. The first kappa shape index (κ1) is 22.4. The second-order valence-electron chi connectivity index (χ2n) is 6.73. The minimum Gasteiger partial charge on any atom is -0.481 e. The predicted octanol–water partition coefficient (Wildman–Crippen LogP) is 0.538. The fourth-order valence-electron chi connectivity index (χ4n) is 2.88. The number of sulfonamides is 1. The molecule has 2 rings (SSSR count). The first-order valence-corrected chi connectivity index (χ1v) is 11.0. The third-order valence-corrected chi connectivity index (χ3v) is 6.23. The molecule has 2 heterocycles. The van der Waals surface area contributed by atoms with Crippen molar-refractivity contribution in [3.05, 3.63) is 23.9 Å². The van der Waals surface area contributed by atoms with E-state index in [2.05, 4.69) is 20.2 Å². The van der Waals surface area contributed by atoms with Gasteiger partial charge in [0.15, 0.2) is 5.96 Å². The van der Waals surface area contributed by atoms with Gasteiger partial charge >= 0.3 is 0 Å². The molecule has 10 heteroatoms. The third kappa shape index (κ3) is 6.61. The van der Waals surface area contributed by atoms with E-state index in [4.69, 9.17) is 9.47 Å². The van der Waals surface area contributed by atoms with E-state index >= 15 is 0 Å². The van der Waals surface area contributed by atoms with Gasteiger partial charge in [0.1, 0.15) is 0 Å². The van der Waals surface area contributed by atoms with Crippen LogP contribution in [-0.4, -0.2) is 87.4 Å². The van der Waals surface area contributed by atoms with Crippen molar-refractivity contribution in [2.75, 3.05) is 52.7 Å². The summed E-state index contributed by atoms with van der Waals surface area (Å²) in [6, 6.07) is 3.77. The molecule has 9 nitrogen and oxygen atoms in total. The van der Waals surface area contributed by atoms with Crippen LogP contribution in [0.5, 0.6) is 5.88 Å². The summed E-state index contributed by atoms with van der Waals surface area (Å²) in [4.78, 5) is 10.5. The van der Waals surface area contributed by atoms with Crippen LogP contribution >= 0.6 is 0 Å². The Bertz CT molecular complexity index is 746. The zero-order valence-corrected chi connectivity index (χ0v) is 17.9. The molecule has 0 aliphatic carbocycles. The summed E-state index contributed by atoms with van der Waals surface area (Å²) in [7, 11) is 0.0111. The van der Waals surface area contributed by atoms with Crippen LogP contribution in [0, 0.1) is 0 Å². The highest BCUT2D eigenvalue weighted by atomic mass is 32.2. The molecule has 1 aliphatic rings. The van der Waals surface area contributed by atoms with E-state index in [9.17, 15) is 8.42 Å². The van der Waals surface area contributed by atoms with Gasteiger partial charge in [-0.3, -0.25) is 4.99 Å². The largest absolute Gasteiger partial charge is 0.481 e. The molecule has 1 aromatic rings. The lowest BCUT2D eigenvalue weighted by Crippen LogP contribution is -2.54. The molecule has 28 heavy (non-hydrogen) atoms. The molecule has 1 aromatic heterocycles. The Kier molecular flexibility index (Phi) is 8.46. The summed E-state index contributed by atoms with van der Waals surface area (Å²) in [5, 5.41) is 3.31. The Morgan fingerprint density at radius 2 is 2.04 bits per heavy atom. The molecule has 0 amide bonds. The van der Waals surface area contributed by atoms with Crippen LogP contribution < -0.4 is 10.1 Å². The SMILES string of the molecule is CN=C(NCc1ccnc(OC)c1)N1CCN(S(=O)(=O)CCOC(C)C)CC1. The quantitative estimate of drug-likeness (QED) is 0.491. The number of pyridine rings is 1. The Labute approximate surface area is 167 Å². The van der Waals surface area contributed by atoms with E-state index in [1.54, 1.807) is 20.4 Å². The Balaban J connectivity index is 1.84. The molecule has 0 atom stereocenters. The third-order valence-electron chi connectivity index (χ3n) is 4.39. The molecule has 0 unspecified atom stereocenters. The first-order chi connectivity index (χ1) is 13.4. The monoisotopic (exact) mass is 413 g/mol. The van der Waals surface area contributed by atoms with Gasteiger partial charge in [0, 0.05) is 52.0 Å². The zero-order chi connectivity index (χ0) is 20.6. The number of hydrogen-bond acceptors (Lipinski definition) is 6. The summed E-state index contributed by atoms with van der Waals surface area (Å²) in [6.07, 6.45) is 1.73. The van der Waals surface area contributed by atoms with Crippen LogP contribution in [-0.2, 0) is 21.3 Å². The molecule has 1 saturated heterocycles. The van der Waals surface area contributed by atoms with Crippen LogP contribution in [0.1, 0.15) is 19.4 Å². The molecule has 1 N–H and O–H groups in total. The van der Waals surface area contributed by atoms with E-state index in [0.29, 0.717) is 38.6 Å². The summed E-state index contributed by atoms with van der Waals surface area (Å²) in [5.41, 5.74) is 1.03. The van der Waals surface area contributed by atoms with E-state index in [-0.39, 0.29) is 18.5 Å². The molecule has 0 bridgehead atoms. The predicted molar refractivity (Wildman–Crippen MR) is 109 cm³/mol. The van der Waals surface area contributed by atoms with Crippen LogP contribution in [0.2, 0.25) is 0 Å². The number of hydrogen-bond donors (Lipinski definition) is 1. The minimum atomic E-state index is -3.30. The number of aromatic nitrogens is 1. The van der Waals surface area contributed by atoms with Gasteiger partial charge in [-0.05, 0) is 25.5 Å². The highest BCUT2D eigenvalue weighted by molar-refractivity contribution is 7.89. The van der Waals surface area contributed by atoms with Crippen molar-refractivity contribution in [1.82, 2.24) is 19.5 Å². The Morgan fingerprint density at radius 3 is 2.64 bits per heavy atom. The van der Waals surface area contributed by atoms with Gasteiger partial charge in [-0.2, -0.15) is 4.31 Å². The maximum Gasteiger partial charge on any atom is 0.216 e. The number of aliphatic imine (C=N–C) groups is 1. The number of methoxy groups -OCH3 is 1. The average molecular weight is 414 g/mol. The number of ether oxygens (including phenoxy) is 2. The number of nitrogens with zero attached hydrogens (tertiary/aromatic N) is 4. The van der Waals surface area contributed by atoms with Crippen molar-refractivity contribution < 1.29 is 17.9 Å². The highest BCUT2D eigenvalue weighted by Gasteiger charge is 2.27. The number of nitrogens with one attached hydrogen (secondary N) is 1. The van der Waals surface area contributed by atoms with Gasteiger partial charge in [-0.15, -0.1) is 0 Å². The lowest BCUT2D eigenvalue weighted by atomic mass is 10.2. The second kappa shape index (κ2) is 10.6. The van der Waals surface area contributed by atoms with Crippen molar-refractivity contribution in [2.24, 2.45) is 4.99 Å². The van der Waals surface area contributed by atoms with Gasteiger partial charge < -0.3 is 19.7 Å². The van der Waals surface area contributed by atoms with Crippen LogP contribution in [0.3, 0.4) is 0 Å². The molecule has 0 radical (unpaired) electrons. The molecule has 1 fully saturated rings. The van der Waals surface area contributed by atoms with E-state index in [1.807, 2.05) is 26.0 Å². The van der Waals surface area contributed by atoms with Crippen molar-refractivity contribution in [3.8, 4) is 5.88 Å².